The summed E-state index contributed by atoms with van der Waals surface area (Å²) in [5.41, 5.74) is 7.82. The van der Waals surface area contributed by atoms with E-state index in [4.69, 9.17) is 5.73 Å². The summed E-state index contributed by atoms with van der Waals surface area (Å²) in [6.07, 6.45) is 0. The fourth-order valence-electron chi connectivity index (χ4n) is 1.70. The summed E-state index contributed by atoms with van der Waals surface area (Å²) in [6.45, 7) is 1.98. The van der Waals surface area contributed by atoms with E-state index in [1.807, 2.05) is 6.07 Å². The standard InChI is InChI=1S/C11H13N3O2/c1-7(15)14-5-8-2-3-9(12)4-10(8)13-11(16)6-14/h2-4H,5-6,12H2,1H3,(H,13,16). The summed E-state index contributed by atoms with van der Waals surface area (Å²) in [5.74, 6) is -0.306. The number of nitrogen functional groups attached to an aromatic ring is 1. The zero-order valence-corrected chi connectivity index (χ0v) is 8.99. The topological polar surface area (TPSA) is 75.4 Å². The Labute approximate surface area is 93.2 Å². The maximum Gasteiger partial charge on any atom is 0.244 e. The number of nitrogens with one attached hydrogen (secondary N) is 1. The Hall–Kier alpha value is -2.04. The zero-order valence-electron chi connectivity index (χ0n) is 8.99. The van der Waals surface area contributed by atoms with Crippen molar-refractivity contribution in [3.8, 4) is 0 Å². The van der Waals surface area contributed by atoms with Gasteiger partial charge in [0.15, 0.2) is 0 Å². The SMILES string of the molecule is CC(=O)N1CC(=O)Nc2cc(N)ccc2C1. The molecule has 0 aliphatic carbocycles. The molecular weight excluding hydrogens is 206 g/mol. The maximum atomic E-state index is 11.5. The average Bonchev–Trinajstić information content (AvgIpc) is 2.35. The number of benzene rings is 1. The molecule has 1 aromatic rings. The first kappa shape index (κ1) is 10.5. The van der Waals surface area contributed by atoms with Gasteiger partial charge in [0, 0.05) is 24.8 Å². The van der Waals surface area contributed by atoms with Crippen LogP contribution in [0.25, 0.3) is 0 Å². The highest BCUT2D eigenvalue weighted by Crippen LogP contribution is 2.23. The largest absolute Gasteiger partial charge is 0.399 e. The normalized spacial score (nSPS) is 15.1. The van der Waals surface area contributed by atoms with Crippen LogP contribution in [-0.2, 0) is 16.1 Å². The second kappa shape index (κ2) is 3.84. The van der Waals surface area contributed by atoms with Crippen molar-refractivity contribution in [1.82, 2.24) is 4.90 Å². The van der Waals surface area contributed by atoms with Gasteiger partial charge in [-0.05, 0) is 17.7 Å². The molecule has 1 aliphatic rings. The zero-order chi connectivity index (χ0) is 11.7. The van der Waals surface area contributed by atoms with Crippen LogP contribution in [-0.4, -0.2) is 23.3 Å². The fourth-order valence-corrected chi connectivity index (χ4v) is 1.70. The monoisotopic (exact) mass is 219 g/mol. The van der Waals surface area contributed by atoms with Crippen LogP contribution in [0.5, 0.6) is 0 Å². The lowest BCUT2D eigenvalue weighted by Gasteiger charge is -2.16. The van der Waals surface area contributed by atoms with Crippen molar-refractivity contribution in [2.45, 2.75) is 13.5 Å². The number of hydrogen-bond donors (Lipinski definition) is 2. The summed E-state index contributed by atoms with van der Waals surface area (Å²) < 4.78 is 0. The Morgan fingerprint density at radius 3 is 2.88 bits per heavy atom. The summed E-state index contributed by atoms with van der Waals surface area (Å²) in [7, 11) is 0. The molecule has 5 nitrogen and oxygen atoms in total. The predicted molar refractivity (Wildman–Crippen MR) is 60.6 cm³/mol. The minimum atomic E-state index is -0.195. The third-order valence-corrected chi connectivity index (χ3v) is 2.55. The van der Waals surface area contributed by atoms with Crippen LogP contribution in [0.15, 0.2) is 18.2 Å². The van der Waals surface area contributed by atoms with Crippen LogP contribution < -0.4 is 11.1 Å². The van der Waals surface area contributed by atoms with Gasteiger partial charge in [0.2, 0.25) is 11.8 Å². The molecule has 1 aromatic carbocycles. The van der Waals surface area contributed by atoms with Gasteiger partial charge in [-0.3, -0.25) is 9.59 Å². The first-order valence-electron chi connectivity index (χ1n) is 5.00. The smallest absolute Gasteiger partial charge is 0.244 e. The molecule has 3 N–H and O–H groups in total. The van der Waals surface area contributed by atoms with Crippen molar-refractivity contribution in [2.24, 2.45) is 0 Å². The van der Waals surface area contributed by atoms with Crippen molar-refractivity contribution in [3.63, 3.8) is 0 Å². The van der Waals surface area contributed by atoms with E-state index in [-0.39, 0.29) is 18.4 Å². The van der Waals surface area contributed by atoms with E-state index in [1.54, 1.807) is 12.1 Å². The van der Waals surface area contributed by atoms with E-state index < -0.39 is 0 Å². The first-order chi connectivity index (χ1) is 7.56. The molecule has 1 heterocycles. The minimum Gasteiger partial charge on any atom is -0.399 e. The van der Waals surface area contributed by atoms with Crippen LogP contribution in [0.4, 0.5) is 11.4 Å². The Bertz CT molecular complexity index is 457. The van der Waals surface area contributed by atoms with Crippen molar-refractivity contribution in [1.29, 1.82) is 0 Å². The van der Waals surface area contributed by atoms with Gasteiger partial charge in [-0.25, -0.2) is 0 Å². The molecule has 1 aliphatic heterocycles. The lowest BCUT2D eigenvalue weighted by Crippen LogP contribution is -2.33. The maximum absolute atomic E-state index is 11.5. The van der Waals surface area contributed by atoms with Gasteiger partial charge in [0.05, 0.1) is 0 Å². The lowest BCUT2D eigenvalue weighted by atomic mass is 10.1. The van der Waals surface area contributed by atoms with E-state index in [1.165, 1.54) is 11.8 Å². The van der Waals surface area contributed by atoms with Crippen LogP contribution in [0.1, 0.15) is 12.5 Å². The van der Waals surface area contributed by atoms with E-state index >= 15 is 0 Å². The fraction of sp³-hybridized carbons (Fsp3) is 0.273. The van der Waals surface area contributed by atoms with E-state index in [2.05, 4.69) is 5.32 Å². The Morgan fingerprint density at radius 1 is 1.44 bits per heavy atom. The molecule has 2 amide bonds. The lowest BCUT2D eigenvalue weighted by molar-refractivity contribution is -0.133. The highest BCUT2D eigenvalue weighted by molar-refractivity contribution is 5.96. The van der Waals surface area contributed by atoms with Crippen molar-refractivity contribution >= 4 is 23.2 Å². The third kappa shape index (κ3) is 1.98. The number of nitrogens with zero attached hydrogens (tertiary/aromatic N) is 1. The van der Waals surface area contributed by atoms with Gasteiger partial charge in [0.25, 0.3) is 0 Å². The van der Waals surface area contributed by atoms with Gasteiger partial charge in [0.1, 0.15) is 6.54 Å². The van der Waals surface area contributed by atoms with Gasteiger partial charge in [-0.1, -0.05) is 6.07 Å². The van der Waals surface area contributed by atoms with Crippen molar-refractivity contribution in [3.05, 3.63) is 23.8 Å². The van der Waals surface area contributed by atoms with E-state index in [9.17, 15) is 9.59 Å². The molecular formula is C11H13N3O2. The molecule has 0 saturated carbocycles. The molecule has 0 spiro atoms. The molecule has 0 bridgehead atoms. The number of carbonyl (C=O) groups excluding carboxylic acids is 2. The Morgan fingerprint density at radius 2 is 2.19 bits per heavy atom. The van der Waals surface area contributed by atoms with Crippen molar-refractivity contribution in [2.75, 3.05) is 17.6 Å². The van der Waals surface area contributed by atoms with Gasteiger partial charge >= 0.3 is 0 Å². The average molecular weight is 219 g/mol. The summed E-state index contributed by atoms with van der Waals surface area (Å²) >= 11 is 0. The predicted octanol–water partition coefficient (Wildman–Crippen LogP) is 0.569. The van der Waals surface area contributed by atoms with Crippen molar-refractivity contribution < 1.29 is 9.59 Å². The van der Waals surface area contributed by atoms with Gasteiger partial charge in [-0.15, -0.1) is 0 Å². The number of amides is 2. The van der Waals surface area contributed by atoms with Gasteiger partial charge < -0.3 is 16.0 Å². The van der Waals surface area contributed by atoms with Crippen LogP contribution in [0.2, 0.25) is 0 Å². The number of anilines is 2. The third-order valence-electron chi connectivity index (χ3n) is 2.55. The van der Waals surface area contributed by atoms with Gasteiger partial charge in [-0.2, -0.15) is 0 Å². The molecule has 0 fully saturated rings. The minimum absolute atomic E-state index is 0.0872. The molecule has 0 saturated heterocycles. The number of fused-ring (bicyclic) bond motifs is 1. The Kier molecular flexibility index (Phi) is 2.52. The molecule has 16 heavy (non-hydrogen) atoms. The Balaban J connectivity index is 2.39. The highest BCUT2D eigenvalue weighted by Gasteiger charge is 2.20. The molecule has 84 valence electrons. The van der Waals surface area contributed by atoms with E-state index in [0.29, 0.717) is 17.9 Å². The molecule has 2 rings (SSSR count). The highest BCUT2D eigenvalue weighted by atomic mass is 16.2. The van der Waals surface area contributed by atoms with Crippen LogP contribution in [0.3, 0.4) is 0 Å². The molecule has 0 atom stereocenters. The second-order valence-corrected chi connectivity index (χ2v) is 3.84. The van der Waals surface area contributed by atoms with E-state index in [0.717, 1.165) is 5.56 Å². The number of carbonyl (C=O) groups is 2. The quantitative estimate of drug-likeness (QED) is 0.626. The summed E-state index contributed by atoms with van der Waals surface area (Å²) in [4.78, 5) is 24.3. The second-order valence-electron chi connectivity index (χ2n) is 3.84. The molecule has 0 radical (unpaired) electrons. The number of nitrogens with two attached hydrogens (primary N) is 1. The molecule has 0 aromatic heterocycles. The van der Waals surface area contributed by atoms with Crippen LogP contribution >= 0.6 is 0 Å². The molecule has 5 heteroatoms. The number of hydrogen-bond acceptors (Lipinski definition) is 3. The number of rotatable bonds is 0. The molecule has 0 unspecified atom stereocenters. The first-order valence-corrected chi connectivity index (χ1v) is 5.00. The van der Waals surface area contributed by atoms with Crippen LogP contribution in [0, 0.1) is 0 Å². The summed E-state index contributed by atoms with van der Waals surface area (Å²) in [6, 6.07) is 5.29. The summed E-state index contributed by atoms with van der Waals surface area (Å²) in [5, 5.41) is 2.74.